The van der Waals surface area contributed by atoms with Crippen molar-refractivity contribution in [2.24, 2.45) is 0 Å². The highest BCUT2D eigenvalue weighted by Crippen LogP contribution is 2.21. The first-order valence-corrected chi connectivity index (χ1v) is 6.37. The quantitative estimate of drug-likeness (QED) is 0.506. The summed E-state index contributed by atoms with van der Waals surface area (Å²) in [6.07, 6.45) is 1.57. The van der Waals surface area contributed by atoms with E-state index in [9.17, 15) is 0 Å². The number of hydrogen-bond acceptors (Lipinski definition) is 6. The van der Waals surface area contributed by atoms with Crippen LogP contribution in [0.2, 0.25) is 0 Å². The maximum atomic E-state index is 7.63. The Hall–Kier alpha value is -2.63. The molecule has 0 unspecified atom stereocenters. The second kappa shape index (κ2) is 7.08. The van der Waals surface area contributed by atoms with Crippen LogP contribution in [0.1, 0.15) is 26.3 Å². The zero-order valence-corrected chi connectivity index (χ0v) is 11.9. The summed E-state index contributed by atoms with van der Waals surface area (Å²) >= 11 is 0. The molecule has 0 amide bonds. The van der Waals surface area contributed by atoms with Gasteiger partial charge in [-0.15, -0.1) is 0 Å². The first-order chi connectivity index (χ1) is 9.56. The van der Waals surface area contributed by atoms with E-state index in [0.29, 0.717) is 22.8 Å². The molecule has 0 radical (unpaired) electrons. The molecule has 0 atom stereocenters. The third kappa shape index (κ3) is 3.94. The van der Waals surface area contributed by atoms with Crippen LogP contribution >= 0.6 is 0 Å². The lowest BCUT2D eigenvalue weighted by molar-refractivity contribution is 1.18. The topological polar surface area (TPSA) is 114 Å². The average Bonchev–Trinajstić information content (AvgIpc) is 2.43. The Labute approximate surface area is 118 Å². The van der Waals surface area contributed by atoms with Gasteiger partial charge in [0.1, 0.15) is 5.82 Å². The van der Waals surface area contributed by atoms with Crippen LogP contribution in [0.25, 0.3) is 0 Å². The number of hydrogen-bond donors (Lipinski definition) is 4. The van der Waals surface area contributed by atoms with Crippen LogP contribution in [0, 0.1) is 5.41 Å². The fourth-order valence-electron chi connectivity index (χ4n) is 1.55. The zero-order valence-electron chi connectivity index (χ0n) is 11.9. The second-order valence-electron chi connectivity index (χ2n) is 3.85. The highest BCUT2D eigenvalue weighted by molar-refractivity contribution is 6.01. The highest BCUT2D eigenvalue weighted by Gasteiger charge is 2.04. The van der Waals surface area contributed by atoms with Crippen molar-refractivity contribution in [3.8, 4) is 0 Å². The van der Waals surface area contributed by atoms with Gasteiger partial charge >= 0.3 is 0 Å². The van der Waals surface area contributed by atoms with Crippen molar-refractivity contribution in [2.75, 3.05) is 16.8 Å². The van der Waals surface area contributed by atoms with Gasteiger partial charge in [-0.2, -0.15) is 4.98 Å². The van der Waals surface area contributed by atoms with Crippen molar-refractivity contribution in [1.82, 2.24) is 9.97 Å². The normalized spacial score (nSPS) is 9.35. The van der Waals surface area contributed by atoms with Gasteiger partial charge in [-0.05, 0) is 31.2 Å². The number of rotatable bonds is 3. The van der Waals surface area contributed by atoms with Crippen LogP contribution in [0.4, 0.5) is 23.1 Å². The number of aromatic nitrogens is 2. The molecule has 6 heteroatoms. The maximum absolute atomic E-state index is 7.63. The molecule has 0 spiro atoms. The molecule has 0 saturated carbocycles. The van der Waals surface area contributed by atoms with Crippen molar-refractivity contribution >= 4 is 28.9 Å². The molecule has 0 aliphatic heterocycles. The lowest BCUT2D eigenvalue weighted by Gasteiger charge is -2.09. The molecule has 6 nitrogen and oxygen atoms in total. The van der Waals surface area contributed by atoms with Crippen LogP contribution in [-0.2, 0) is 0 Å². The van der Waals surface area contributed by atoms with Gasteiger partial charge in [-0.1, -0.05) is 13.8 Å². The van der Waals surface area contributed by atoms with E-state index in [4.69, 9.17) is 16.9 Å². The SMILES string of the molecule is CC.CC(=N)c1cc(Nc2ccnc(N)n2)ccc1N. The Morgan fingerprint density at radius 1 is 1.20 bits per heavy atom. The maximum Gasteiger partial charge on any atom is 0.221 e. The van der Waals surface area contributed by atoms with E-state index in [1.165, 1.54) is 0 Å². The lowest BCUT2D eigenvalue weighted by atomic mass is 10.1. The number of benzene rings is 1. The van der Waals surface area contributed by atoms with Gasteiger partial charge in [0.15, 0.2) is 0 Å². The Morgan fingerprint density at radius 2 is 1.90 bits per heavy atom. The Kier molecular flexibility index (Phi) is 5.46. The van der Waals surface area contributed by atoms with Crippen LogP contribution in [0.3, 0.4) is 0 Å². The molecule has 1 aromatic carbocycles. The minimum atomic E-state index is 0.207. The fourth-order valence-corrected chi connectivity index (χ4v) is 1.55. The molecular weight excluding hydrogens is 252 g/mol. The number of anilines is 4. The predicted octanol–water partition coefficient (Wildman–Crippen LogP) is 2.80. The van der Waals surface area contributed by atoms with Crippen molar-refractivity contribution in [3.63, 3.8) is 0 Å². The van der Waals surface area contributed by atoms with Crippen molar-refractivity contribution in [1.29, 1.82) is 5.41 Å². The van der Waals surface area contributed by atoms with Crippen LogP contribution in [-0.4, -0.2) is 15.7 Å². The van der Waals surface area contributed by atoms with Gasteiger partial charge in [0.2, 0.25) is 5.95 Å². The number of nitrogen functional groups attached to an aromatic ring is 2. The third-order valence-corrected chi connectivity index (χ3v) is 2.40. The van der Waals surface area contributed by atoms with Crippen LogP contribution in [0.15, 0.2) is 30.5 Å². The molecule has 20 heavy (non-hydrogen) atoms. The summed E-state index contributed by atoms with van der Waals surface area (Å²) in [4.78, 5) is 7.85. The van der Waals surface area contributed by atoms with E-state index in [-0.39, 0.29) is 5.95 Å². The monoisotopic (exact) mass is 272 g/mol. The standard InChI is InChI=1S/C12H14N6.C2H6/c1-7(13)9-6-8(2-3-10(9)14)17-11-4-5-16-12(15)18-11;1-2/h2-6,13H,14H2,1H3,(H3,15,16,17,18);1-2H3. The lowest BCUT2D eigenvalue weighted by Crippen LogP contribution is -2.02. The van der Waals surface area contributed by atoms with Gasteiger partial charge in [-0.25, -0.2) is 4.98 Å². The molecule has 0 saturated heterocycles. The first kappa shape index (κ1) is 15.4. The summed E-state index contributed by atoms with van der Waals surface area (Å²) in [6, 6.07) is 7.08. The molecule has 106 valence electrons. The summed E-state index contributed by atoms with van der Waals surface area (Å²) in [7, 11) is 0. The van der Waals surface area contributed by atoms with Gasteiger partial charge in [0.05, 0.1) is 0 Å². The minimum Gasteiger partial charge on any atom is -0.398 e. The van der Waals surface area contributed by atoms with E-state index in [1.807, 2.05) is 19.9 Å². The zero-order chi connectivity index (χ0) is 15.1. The Balaban J connectivity index is 0.000000956. The summed E-state index contributed by atoms with van der Waals surface area (Å²) < 4.78 is 0. The summed E-state index contributed by atoms with van der Waals surface area (Å²) in [5, 5.41) is 10.7. The van der Waals surface area contributed by atoms with Gasteiger partial charge < -0.3 is 22.2 Å². The van der Waals surface area contributed by atoms with E-state index >= 15 is 0 Å². The van der Waals surface area contributed by atoms with E-state index in [2.05, 4.69) is 15.3 Å². The Morgan fingerprint density at radius 3 is 2.50 bits per heavy atom. The molecular formula is C14H20N6. The Bertz CT molecular complexity index is 594. The van der Waals surface area contributed by atoms with Gasteiger partial charge in [0.25, 0.3) is 0 Å². The van der Waals surface area contributed by atoms with Gasteiger partial charge in [0, 0.05) is 28.8 Å². The molecule has 6 N–H and O–H groups in total. The summed E-state index contributed by atoms with van der Waals surface area (Å²) in [5.41, 5.74) is 13.8. The number of nitrogens with one attached hydrogen (secondary N) is 2. The van der Waals surface area contributed by atoms with E-state index in [0.717, 1.165) is 5.69 Å². The van der Waals surface area contributed by atoms with E-state index < -0.39 is 0 Å². The first-order valence-electron chi connectivity index (χ1n) is 6.37. The fraction of sp³-hybridized carbons (Fsp3) is 0.214. The van der Waals surface area contributed by atoms with E-state index in [1.54, 1.807) is 31.3 Å². The molecule has 0 aliphatic rings. The van der Waals surface area contributed by atoms with Crippen molar-refractivity contribution < 1.29 is 0 Å². The molecule has 0 bridgehead atoms. The number of nitrogens with zero attached hydrogens (tertiary/aromatic N) is 2. The molecule has 2 rings (SSSR count). The molecule has 1 aromatic heterocycles. The highest BCUT2D eigenvalue weighted by atomic mass is 15.1. The number of nitrogens with two attached hydrogens (primary N) is 2. The molecule has 2 aromatic rings. The smallest absolute Gasteiger partial charge is 0.221 e. The molecule has 0 fully saturated rings. The summed E-state index contributed by atoms with van der Waals surface area (Å²) in [5.74, 6) is 0.805. The molecule has 0 aliphatic carbocycles. The largest absolute Gasteiger partial charge is 0.398 e. The second-order valence-corrected chi connectivity index (χ2v) is 3.85. The summed E-state index contributed by atoms with van der Waals surface area (Å²) in [6.45, 7) is 5.69. The molecule has 1 heterocycles. The van der Waals surface area contributed by atoms with Gasteiger partial charge in [-0.3, -0.25) is 0 Å². The minimum absolute atomic E-state index is 0.207. The third-order valence-electron chi connectivity index (χ3n) is 2.40. The average molecular weight is 272 g/mol. The van der Waals surface area contributed by atoms with Crippen molar-refractivity contribution in [3.05, 3.63) is 36.0 Å². The van der Waals surface area contributed by atoms with Crippen LogP contribution in [0.5, 0.6) is 0 Å². The van der Waals surface area contributed by atoms with Crippen LogP contribution < -0.4 is 16.8 Å². The predicted molar refractivity (Wildman–Crippen MR) is 84.4 cm³/mol. The van der Waals surface area contributed by atoms with Crippen molar-refractivity contribution in [2.45, 2.75) is 20.8 Å².